The summed E-state index contributed by atoms with van der Waals surface area (Å²) < 4.78 is 18.7. The second-order valence-corrected chi connectivity index (χ2v) is 6.36. The smallest absolute Gasteiger partial charge is 0.161 e. The van der Waals surface area contributed by atoms with Crippen molar-refractivity contribution in [3.8, 4) is 34.6 Å². The van der Waals surface area contributed by atoms with Crippen molar-refractivity contribution >= 4 is 5.52 Å². The lowest BCUT2D eigenvalue weighted by Crippen LogP contribution is -2.01. The van der Waals surface area contributed by atoms with Crippen molar-refractivity contribution in [1.29, 1.82) is 5.26 Å². The fourth-order valence-corrected chi connectivity index (χ4v) is 3.28. The number of nitrogens with zero attached hydrogens (tertiary/aromatic N) is 3. The molecule has 0 saturated heterocycles. The third-order valence-corrected chi connectivity index (χ3v) is 4.71. The zero-order valence-electron chi connectivity index (χ0n) is 16.1. The normalized spacial score (nSPS) is 10.5. The van der Waals surface area contributed by atoms with E-state index in [1.165, 1.54) is 0 Å². The highest BCUT2D eigenvalue weighted by molar-refractivity contribution is 5.73. The van der Waals surface area contributed by atoms with E-state index in [9.17, 15) is 5.26 Å². The Morgan fingerprint density at radius 1 is 1.00 bits per heavy atom. The van der Waals surface area contributed by atoms with E-state index in [0.717, 1.165) is 22.3 Å². The molecule has 0 fully saturated rings. The van der Waals surface area contributed by atoms with Crippen molar-refractivity contribution in [3.63, 3.8) is 0 Å². The molecule has 0 radical (unpaired) electrons. The molecular weight excluding hydrogens is 366 g/mol. The van der Waals surface area contributed by atoms with Gasteiger partial charge in [-0.1, -0.05) is 6.07 Å². The third kappa shape index (κ3) is 3.46. The fraction of sp³-hybridized carbons (Fsp3) is 0.130. The van der Waals surface area contributed by atoms with Crippen LogP contribution in [0, 0.1) is 11.3 Å². The predicted molar refractivity (Wildman–Crippen MR) is 109 cm³/mol. The number of fused-ring (bicyclic) bond motifs is 1. The summed E-state index contributed by atoms with van der Waals surface area (Å²) in [5.74, 6) is 2.03. The van der Waals surface area contributed by atoms with Crippen LogP contribution in [0.4, 0.5) is 0 Å². The SMILES string of the molecule is COc1ccc(COc2ccncc2-c2ccc(C#N)c3cccn23)cc1OC. The van der Waals surface area contributed by atoms with Crippen molar-refractivity contribution in [1.82, 2.24) is 9.38 Å². The van der Waals surface area contributed by atoms with Crippen LogP contribution < -0.4 is 14.2 Å². The van der Waals surface area contributed by atoms with Gasteiger partial charge in [-0.2, -0.15) is 5.26 Å². The molecule has 6 nitrogen and oxygen atoms in total. The van der Waals surface area contributed by atoms with Crippen molar-refractivity contribution < 1.29 is 14.2 Å². The van der Waals surface area contributed by atoms with Crippen LogP contribution in [0.3, 0.4) is 0 Å². The molecule has 0 N–H and O–H groups in total. The Bertz CT molecular complexity index is 1210. The number of pyridine rings is 2. The minimum absolute atomic E-state index is 0.364. The van der Waals surface area contributed by atoms with Gasteiger partial charge in [-0.15, -0.1) is 0 Å². The summed E-state index contributed by atoms with van der Waals surface area (Å²) in [6.45, 7) is 0.364. The number of hydrogen-bond donors (Lipinski definition) is 0. The first-order valence-corrected chi connectivity index (χ1v) is 9.03. The monoisotopic (exact) mass is 385 g/mol. The topological polar surface area (TPSA) is 68.8 Å². The highest BCUT2D eigenvalue weighted by atomic mass is 16.5. The largest absolute Gasteiger partial charge is 0.493 e. The molecule has 0 atom stereocenters. The standard InChI is InChI=1S/C23H19N3O3/c1-27-22-8-5-16(12-23(22)28-2)15-29-21-9-10-25-14-18(21)20-7-6-17(13-24)19-4-3-11-26(19)20/h3-12,14H,15H2,1-2H3. The quantitative estimate of drug-likeness (QED) is 0.490. The van der Waals surface area contributed by atoms with Crippen molar-refractivity contribution in [2.45, 2.75) is 6.61 Å². The number of rotatable bonds is 6. The van der Waals surface area contributed by atoms with E-state index in [1.807, 2.05) is 59.1 Å². The molecule has 4 rings (SSSR count). The Morgan fingerprint density at radius 2 is 1.86 bits per heavy atom. The molecule has 0 aliphatic heterocycles. The second kappa shape index (κ2) is 7.95. The maximum absolute atomic E-state index is 9.34. The van der Waals surface area contributed by atoms with Crippen LogP contribution in [0.25, 0.3) is 16.8 Å². The average Bonchev–Trinajstić information content (AvgIpc) is 3.27. The maximum atomic E-state index is 9.34. The lowest BCUT2D eigenvalue weighted by atomic mass is 10.1. The van der Waals surface area contributed by atoms with E-state index >= 15 is 0 Å². The van der Waals surface area contributed by atoms with Gasteiger partial charge in [-0.05, 0) is 48.0 Å². The summed E-state index contributed by atoms with van der Waals surface area (Å²) in [5, 5.41) is 9.34. The molecular formula is C23H19N3O3. The Morgan fingerprint density at radius 3 is 2.66 bits per heavy atom. The van der Waals surface area contributed by atoms with Gasteiger partial charge in [-0.3, -0.25) is 4.98 Å². The van der Waals surface area contributed by atoms with E-state index in [0.29, 0.717) is 29.4 Å². The summed E-state index contributed by atoms with van der Waals surface area (Å²) >= 11 is 0. The fourth-order valence-electron chi connectivity index (χ4n) is 3.28. The summed E-state index contributed by atoms with van der Waals surface area (Å²) in [4.78, 5) is 4.27. The summed E-state index contributed by atoms with van der Waals surface area (Å²) in [7, 11) is 3.22. The average molecular weight is 385 g/mol. The molecule has 4 aromatic rings. The molecule has 0 aliphatic carbocycles. The van der Waals surface area contributed by atoms with Gasteiger partial charge in [0, 0.05) is 18.6 Å². The Hall–Kier alpha value is -3.98. The van der Waals surface area contributed by atoms with E-state index < -0.39 is 0 Å². The summed E-state index contributed by atoms with van der Waals surface area (Å²) in [5.41, 5.74) is 4.17. The molecule has 1 aromatic carbocycles. The first-order valence-electron chi connectivity index (χ1n) is 9.03. The first-order chi connectivity index (χ1) is 14.2. The highest BCUT2D eigenvalue weighted by Gasteiger charge is 2.13. The van der Waals surface area contributed by atoms with Crippen LogP contribution in [0.1, 0.15) is 11.1 Å². The minimum Gasteiger partial charge on any atom is -0.493 e. The highest BCUT2D eigenvalue weighted by Crippen LogP contribution is 2.32. The Balaban J connectivity index is 1.67. The van der Waals surface area contributed by atoms with Gasteiger partial charge in [0.2, 0.25) is 0 Å². The number of hydrogen-bond acceptors (Lipinski definition) is 5. The van der Waals surface area contributed by atoms with E-state index in [-0.39, 0.29) is 0 Å². The van der Waals surface area contributed by atoms with Crippen LogP contribution in [-0.4, -0.2) is 23.6 Å². The number of benzene rings is 1. The Labute approximate surface area is 168 Å². The van der Waals surface area contributed by atoms with Crippen LogP contribution >= 0.6 is 0 Å². The Kier molecular flexibility index (Phi) is 5.04. The second-order valence-electron chi connectivity index (χ2n) is 6.36. The van der Waals surface area contributed by atoms with Crippen LogP contribution in [-0.2, 0) is 6.61 Å². The third-order valence-electron chi connectivity index (χ3n) is 4.71. The molecule has 0 amide bonds. The van der Waals surface area contributed by atoms with Gasteiger partial charge in [0.15, 0.2) is 11.5 Å². The summed E-state index contributed by atoms with van der Waals surface area (Å²) in [6, 6.07) is 17.3. The molecule has 6 heteroatoms. The zero-order valence-corrected chi connectivity index (χ0v) is 16.1. The molecule has 0 aliphatic rings. The number of aromatic nitrogens is 2. The molecule has 0 unspecified atom stereocenters. The van der Waals surface area contributed by atoms with Crippen molar-refractivity contribution in [3.05, 3.63) is 78.2 Å². The zero-order chi connectivity index (χ0) is 20.2. The van der Waals surface area contributed by atoms with Gasteiger partial charge in [-0.25, -0.2) is 0 Å². The molecule has 0 bridgehead atoms. The molecule has 3 heterocycles. The van der Waals surface area contributed by atoms with Gasteiger partial charge >= 0.3 is 0 Å². The van der Waals surface area contributed by atoms with Crippen LogP contribution in [0.2, 0.25) is 0 Å². The van der Waals surface area contributed by atoms with Crippen molar-refractivity contribution in [2.24, 2.45) is 0 Å². The first kappa shape index (κ1) is 18.4. The van der Waals surface area contributed by atoms with Crippen LogP contribution in [0.5, 0.6) is 17.2 Å². The molecule has 29 heavy (non-hydrogen) atoms. The van der Waals surface area contributed by atoms with Crippen molar-refractivity contribution in [2.75, 3.05) is 14.2 Å². The number of methoxy groups -OCH3 is 2. The van der Waals surface area contributed by atoms with Crippen LogP contribution in [0.15, 0.2) is 67.1 Å². The van der Waals surface area contributed by atoms with Gasteiger partial charge in [0.1, 0.15) is 18.4 Å². The molecule has 144 valence electrons. The lowest BCUT2D eigenvalue weighted by molar-refractivity contribution is 0.304. The number of nitriles is 1. The predicted octanol–water partition coefficient (Wildman–Crippen LogP) is 4.47. The van der Waals surface area contributed by atoms with Gasteiger partial charge in [0.25, 0.3) is 0 Å². The number of ether oxygens (including phenoxy) is 3. The molecule has 0 saturated carbocycles. The van der Waals surface area contributed by atoms with E-state index in [2.05, 4.69) is 11.1 Å². The lowest BCUT2D eigenvalue weighted by Gasteiger charge is -2.14. The van der Waals surface area contributed by atoms with Gasteiger partial charge < -0.3 is 18.6 Å². The summed E-state index contributed by atoms with van der Waals surface area (Å²) in [6.07, 6.45) is 5.39. The van der Waals surface area contributed by atoms with E-state index in [1.54, 1.807) is 26.6 Å². The minimum atomic E-state index is 0.364. The maximum Gasteiger partial charge on any atom is 0.161 e. The molecule has 3 aromatic heterocycles. The van der Waals surface area contributed by atoms with Gasteiger partial charge in [0.05, 0.1) is 36.6 Å². The molecule has 0 spiro atoms. The van der Waals surface area contributed by atoms with E-state index in [4.69, 9.17) is 14.2 Å².